The third-order valence-corrected chi connectivity index (χ3v) is 5.75. The van der Waals surface area contributed by atoms with Gasteiger partial charge in [-0.05, 0) is 12.1 Å². The Labute approximate surface area is 135 Å². The van der Waals surface area contributed by atoms with E-state index in [9.17, 15) is 13.2 Å². The van der Waals surface area contributed by atoms with Crippen molar-refractivity contribution in [3.63, 3.8) is 0 Å². The number of nitrogens with one attached hydrogen (secondary N) is 1. The van der Waals surface area contributed by atoms with Crippen LogP contribution in [0.1, 0.15) is 0 Å². The number of carbonyl (C=O) groups excluding carboxylic acids is 1. The summed E-state index contributed by atoms with van der Waals surface area (Å²) in [4.78, 5) is 14.1. The number of carbonyl (C=O) groups is 1. The zero-order valence-corrected chi connectivity index (χ0v) is 13.5. The first kappa shape index (κ1) is 16.2. The first-order valence-corrected chi connectivity index (χ1v) is 9.40. The number of anilines is 1. The van der Waals surface area contributed by atoms with Crippen molar-refractivity contribution in [1.29, 1.82) is 0 Å². The van der Waals surface area contributed by atoms with E-state index in [2.05, 4.69) is 5.32 Å². The number of morpholine rings is 1. The summed E-state index contributed by atoms with van der Waals surface area (Å²) < 4.78 is 34.6. The van der Waals surface area contributed by atoms with Crippen LogP contribution in [-0.2, 0) is 19.3 Å². The lowest BCUT2D eigenvalue weighted by Gasteiger charge is -2.34. The van der Waals surface area contributed by atoms with Crippen LogP contribution in [-0.4, -0.2) is 69.4 Å². The monoisotopic (exact) mass is 340 g/mol. The standard InChI is InChI=1S/C15H20N2O5S/c18-15(16-12-4-2-1-3-5-12)22-14-11-23(19,20)10-13(14)17-6-8-21-9-7-17/h1-5,13-14H,6-11H2,(H,16,18). The zero-order chi connectivity index (χ0) is 16.3. The molecule has 7 nitrogen and oxygen atoms in total. The predicted molar refractivity (Wildman–Crippen MR) is 85.2 cm³/mol. The van der Waals surface area contributed by atoms with Crippen molar-refractivity contribution in [2.75, 3.05) is 43.1 Å². The zero-order valence-electron chi connectivity index (χ0n) is 12.7. The molecule has 1 N–H and O–H groups in total. The van der Waals surface area contributed by atoms with Crippen molar-refractivity contribution >= 4 is 21.6 Å². The van der Waals surface area contributed by atoms with Gasteiger partial charge in [-0.1, -0.05) is 18.2 Å². The van der Waals surface area contributed by atoms with Crippen LogP contribution in [0.3, 0.4) is 0 Å². The molecule has 126 valence electrons. The molecular formula is C15H20N2O5S. The number of amides is 1. The Morgan fingerprint density at radius 1 is 1.17 bits per heavy atom. The van der Waals surface area contributed by atoms with Crippen LogP contribution in [0.15, 0.2) is 30.3 Å². The van der Waals surface area contributed by atoms with E-state index < -0.39 is 22.0 Å². The lowest BCUT2D eigenvalue weighted by molar-refractivity contribution is -0.00883. The van der Waals surface area contributed by atoms with Gasteiger partial charge in [-0.15, -0.1) is 0 Å². The number of benzene rings is 1. The maximum absolute atomic E-state index is 12.0. The minimum atomic E-state index is -3.20. The van der Waals surface area contributed by atoms with E-state index in [1.54, 1.807) is 24.3 Å². The predicted octanol–water partition coefficient (Wildman–Crippen LogP) is 0.733. The minimum absolute atomic E-state index is 0.0241. The van der Waals surface area contributed by atoms with Gasteiger partial charge in [0.05, 0.1) is 30.8 Å². The topological polar surface area (TPSA) is 84.9 Å². The maximum Gasteiger partial charge on any atom is 0.411 e. The van der Waals surface area contributed by atoms with Crippen LogP contribution < -0.4 is 5.32 Å². The van der Waals surface area contributed by atoms with Crippen LogP contribution in [0.4, 0.5) is 10.5 Å². The highest BCUT2D eigenvalue weighted by Gasteiger charge is 2.43. The Morgan fingerprint density at radius 3 is 2.57 bits per heavy atom. The molecule has 1 amide bonds. The van der Waals surface area contributed by atoms with Gasteiger partial charge >= 0.3 is 6.09 Å². The van der Waals surface area contributed by atoms with Crippen molar-refractivity contribution < 1.29 is 22.7 Å². The van der Waals surface area contributed by atoms with Crippen molar-refractivity contribution in [3.8, 4) is 0 Å². The molecule has 23 heavy (non-hydrogen) atoms. The molecule has 3 rings (SSSR count). The smallest absolute Gasteiger partial charge is 0.411 e. The minimum Gasteiger partial charge on any atom is -0.443 e. The van der Waals surface area contributed by atoms with Gasteiger partial charge in [-0.25, -0.2) is 13.2 Å². The van der Waals surface area contributed by atoms with E-state index in [0.29, 0.717) is 32.0 Å². The molecule has 1 aromatic rings. The van der Waals surface area contributed by atoms with E-state index in [1.165, 1.54) is 0 Å². The Hall–Kier alpha value is -1.64. The van der Waals surface area contributed by atoms with Crippen LogP contribution in [0, 0.1) is 0 Å². The van der Waals surface area contributed by atoms with Gasteiger partial charge in [0.1, 0.15) is 6.10 Å². The summed E-state index contributed by atoms with van der Waals surface area (Å²) >= 11 is 0. The first-order chi connectivity index (χ1) is 11.0. The number of sulfone groups is 1. The van der Waals surface area contributed by atoms with Crippen molar-refractivity contribution in [3.05, 3.63) is 30.3 Å². The Balaban J connectivity index is 1.65. The molecule has 2 aliphatic heterocycles. The normalized spacial score (nSPS) is 27.5. The number of rotatable bonds is 3. The molecule has 2 aliphatic rings. The van der Waals surface area contributed by atoms with E-state index in [4.69, 9.17) is 9.47 Å². The lowest BCUT2D eigenvalue weighted by Crippen LogP contribution is -2.50. The van der Waals surface area contributed by atoms with Crippen LogP contribution in [0.2, 0.25) is 0 Å². The molecule has 2 heterocycles. The molecule has 0 radical (unpaired) electrons. The van der Waals surface area contributed by atoms with Gasteiger partial charge in [0.25, 0.3) is 0 Å². The highest BCUT2D eigenvalue weighted by Crippen LogP contribution is 2.23. The van der Waals surface area contributed by atoms with Crippen molar-refractivity contribution in [1.82, 2.24) is 4.90 Å². The van der Waals surface area contributed by atoms with Gasteiger partial charge in [0, 0.05) is 18.8 Å². The van der Waals surface area contributed by atoms with E-state index in [-0.39, 0.29) is 17.5 Å². The van der Waals surface area contributed by atoms with Crippen molar-refractivity contribution in [2.24, 2.45) is 0 Å². The fourth-order valence-corrected chi connectivity index (χ4v) is 4.84. The molecule has 2 saturated heterocycles. The summed E-state index contributed by atoms with van der Waals surface area (Å²) in [5.74, 6) is -0.104. The summed E-state index contributed by atoms with van der Waals surface area (Å²) in [5.41, 5.74) is 0.612. The Morgan fingerprint density at radius 2 is 1.87 bits per heavy atom. The van der Waals surface area contributed by atoms with Gasteiger partial charge < -0.3 is 9.47 Å². The van der Waals surface area contributed by atoms with E-state index >= 15 is 0 Å². The second-order valence-corrected chi connectivity index (χ2v) is 7.88. The molecule has 0 spiro atoms. The summed E-state index contributed by atoms with van der Waals surface area (Å²) in [6.45, 7) is 2.44. The lowest BCUT2D eigenvalue weighted by atomic mass is 10.1. The van der Waals surface area contributed by atoms with Crippen molar-refractivity contribution in [2.45, 2.75) is 12.1 Å². The second-order valence-electron chi connectivity index (χ2n) is 5.73. The quantitative estimate of drug-likeness (QED) is 0.873. The van der Waals surface area contributed by atoms with Gasteiger partial charge in [0.15, 0.2) is 9.84 Å². The van der Waals surface area contributed by atoms with E-state index in [1.807, 2.05) is 11.0 Å². The molecule has 2 fully saturated rings. The molecule has 2 atom stereocenters. The highest BCUT2D eigenvalue weighted by molar-refractivity contribution is 7.91. The highest BCUT2D eigenvalue weighted by atomic mass is 32.2. The summed E-state index contributed by atoms with van der Waals surface area (Å²) in [6, 6.07) is 8.62. The van der Waals surface area contributed by atoms with Gasteiger partial charge in [-0.2, -0.15) is 0 Å². The maximum atomic E-state index is 12.0. The van der Waals surface area contributed by atoms with E-state index in [0.717, 1.165) is 0 Å². The van der Waals surface area contributed by atoms with Crippen LogP contribution >= 0.6 is 0 Å². The largest absolute Gasteiger partial charge is 0.443 e. The summed E-state index contributed by atoms with van der Waals surface area (Å²) in [6.07, 6.45) is -1.28. The average Bonchev–Trinajstić information content (AvgIpc) is 2.83. The second kappa shape index (κ2) is 6.86. The molecule has 0 saturated carbocycles. The number of nitrogens with zero attached hydrogens (tertiary/aromatic N) is 1. The molecule has 0 aliphatic carbocycles. The number of hydrogen-bond acceptors (Lipinski definition) is 6. The fourth-order valence-electron chi connectivity index (χ4n) is 2.97. The molecule has 0 bridgehead atoms. The molecule has 1 aromatic carbocycles. The van der Waals surface area contributed by atoms with Gasteiger partial charge in [-0.3, -0.25) is 10.2 Å². The van der Waals surface area contributed by atoms with Crippen LogP contribution in [0.25, 0.3) is 0 Å². The summed E-state index contributed by atoms with van der Waals surface area (Å²) in [5, 5.41) is 2.62. The number of hydrogen-bond donors (Lipinski definition) is 1. The van der Waals surface area contributed by atoms with Gasteiger partial charge in [0.2, 0.25) is 0 Å². The molecule has 8 heteroatoms. The molecule has 2 unspecified atom stereocenters. The third kappa shape index (κ3) is 4.21. The first-order valence-electron chi connectivity index (χ1n) is 7.58. The number of para-hydroxylation sites is 1. The third-order valence-electron chi connectivity index (χ3n) is 4.07. The molecule has 0 aromatic heterocycles. The average molecular weight is 340 g/mol. The summed E-state index contributed by atoms with van der Waals surface area (Å²) in [7, 11) is -3.20. The molecular weight excluding hydrogens is 320 g/mol. The van der Waals surface area contributed by atoms with Crippen LogP contribution in [0.5, 0.6) is 0 Å². The fraction of sp³-hybridized carbons (Fsp3) is 0.533. The SMILES string of the molecule is O=C(Nc1ccccc1)OC1CS(=O)(=O)CC1N1CCOCC1. The Bertz CT molecular complexity index is 643. The Kier molecular flexibility index (Phi) is 4.84. The number of ether oxygens (including phenoxy) is 2.